The van der Waals surface area contributed by atoms with Gasteiger partial charge in [-0.05, 0) is 0 Å². The van der Waals surface area contributed by atoms with Gasteiger partial charge in [-0.15, -0.1) is 0 Å². The van der Waals surface area contributed by atoms with Gasteiger partial charge in [0.2, 0.25) is 5.78 Å². The van der Waals surface area contributed by atoms with Gasteiger partial charge < -0.3 is 10.00 Å². The molecule has 0 aromatic rings. The first-order chi connectivity index (χ1) is 4.83. The SMILES string of the molecule is CP(=O)(O)CCC(=O)C(=O)O. The molecule has 6 heteroatoms. The first-order valence-corrected chi connectivity index (χ1v) is 5.17. The molecular formula is C5H9O5P. The normalized spacial score (nSPS) is 15.5. The minimum Gasteiger partial charge on any atom is -0.476 e. The summed E-state index contributed by atoms with van der Waals surface area (Å²) in [6.07, 6.45) is -0.641. The van der Waals surface area contributed by atoms with Gasteiger partial charge in [0.1, 0.15) is 0 Å². The van der Waals surface area contributed by atoms with Crippen LogP contribution >= 0.6 is 7.37 Å². The van der Waals surface area contributed by atoms with Crippen molar-refractivity contribution in [3.63, 3.8) is 0 Å². The van der Waals surface area contributed by atoms with E-state index >= 15 is 0 Å². The maximum atomic E-state index is 10.6. The van der Waals surface area contributed by atoms with Crippen molar-refractivity contribution >= 4 is 19.1 Å². The maximum absolute atomic E-state index is 10.6. The average molecular weight is 180 g/mol. The minimum absolute atomic E-state index is 0.266. The lowest BCUT2D eigenvalue weighted by Gasteiger charge is -2.00. The van der Waals surface area contributed by atoms with Crippen molar-refractivity contribution in [3.05, 3.63) is 0 Å². The van der Waals surface area contributed by atoms with Crippen LogP contribution in [0.2, 0.25) is 0 Å². The highest BCUT2D eigenvalue weighted by molar-refractivity contribution is 7.57. The second-order valence-corrected chi connectivity index (χ2v) is 4.80. The lowest BCUT2D eigenvalue weighted by atomic mass is 10.3. The van der Waals surface area contributed by atoms with E-state index in [2.05, 4.69) is 0 Å². The number of ketones is 1. The molecule has 0 amide bonds. The van der Waals surface area contributed by atoms with Gasteiger partial charge >= 0.3 is 5.97 Å². The zero-order valence-corrected chi connectivity index (χ0v) is 6.88. The zero-order chi connectivity index (χ0) is 9.07. The predicted octanol–water partition coefficient (Wildman–Crippen LogP) is -0.0696. The molecule has 0 aromatic heterocycles. The summed E-state index contributed by atoms with van der Waals surface area (Å²) in [5.74, 6) is -2.58. The first kappa shape index (κ1) is 10.3. The second kappa shape index (κ2) is 3.64. The Morgan fingerprint density at radius 2 is 1.91 bits per heavy atom. The van der Waals surface area contributed by atoms with Crippen molar-refractivity contribution < 1.29 is 24.2 Å². The number of Topliss-reactive ketones (excluding diaryl/α,β-unsaturated/α-hetero) is 1. The third kappa shape index (κ3) is 5.76. The standard InChI is InChI=1S/C5H9O5P/c1-11(9,10)3-2-4(6)5(7)8/h2-3H2,1H3,(H,7,8)(H,9,10). The summed E-state index contributed by atoms with van der Waals surface area (Å²) in [5, 5.41) is 8.06. The number of rotatable bonds is 4. The zero-order valence-electron chi connectivity index (χ0n) is 5.98. The van der Waals surface area contributed by atoms with E-state index in [0.29, 0.717) is 0 Å². The first-order valence-electron chi connectivity index (χ1n) is 2.88. The van der Waals surface area contributed by atoms with Crippen molar-refractivity contribution in [2.45, 2.75) is 6.42 Å². The third-order valence-corrected chi connectivity index (χ3v) is 2.05. The fourth-order valence-electron chi connectivity index (χ4n) is 0.416. The van der Waals surface area contributed by atoms with Crippen LogP contribution in [0, 0.1) is 0 Å². The smallest absolute Gasteiger partial charge is 0.372 e. The Hall–Kier alpha value is -0.670. The molecule has 11 heavy (non-hydrogen) atoms. The highest BCUT2D eigenvalue weighted by Crippen LogP contribution is 2.35. The molecule has 0 saturated carbocycles. The number of carboxylic acid groups (broad SMARTS) is 1. The van der Waals surface area contributed by atoms with Crippen molar-refractivity contribution in [1.82, 2.24) is 0 Å². The summed E-state index contributed by atoms with van der Waals surface area (Å²) < 4.78 is 10.6. The van der Waals surface area contributed by atoms with E-state index in [4.69, 9.17) is 10.00 Å². The van der Waals surface area contributed by atoms with E-state index in [9.17, 15) is 14.2 Å². The molecule has 1 atom stereocenters. The van der Waals surface area contributed by atoms with Crippen LogP contribution in [0.1, 0.15) is 6.42 Å². The highest BCUT2D eigenvalue weighted by atomic mass is 31.2. The van der Waals surface area contributed by atoms with Crippen LogP contribution in [0.3, 0.4) is 0 Å². The van der Waals surface area contributed by atoms with Crippen LogP contribution in [0.4, 0.5) is 0 Å². The summed E-state index contributed by atoms with van der Waals surface area (Å²) in [4.78, 5) is 28.9. The molecule has 0 saturated heterocycles. The Morgan fingerprint density at radius 3 is 2.18 bits per heavy atom. The molecule has 1 unspecified atom stereocenters. The third-order valence-electron chi connectivity index (χ3n) is 0.992. The van der Waals surface area contributed by atoms with Gasteiger partial charge in [-0.25, -0.2) is 4.79 Å². The van der Waals surface area contributed by atoms with Crippen LogP contribution in [-0.2, 0) is 14.2 Å². The van der Waals surface area contributed by atoms with E-state index in [0.717, 1.165) is 6.66 Å². The van der Waals surface area contributed by atoms with Gasteiger partial charge in [-0.1, -0.05) is 0 Å². The lowest BCUT2D eigenvalue weighted by Crippen LogP contribution is -2.13. The van der Waals surface area contributed by atoms with Crippen molar-refractivity contribution in [1.29, 1.82) is 0 Å². The molecule has 0 fully saturated rings. The molecule has 0 aromatic carbocycles. The van der Waals surface area contributed by atoms with Gasteiger partial charge in [-0.2, -0.15) is 0 Å². The quantitative estimate of drug-likeness (QED) is 0.466. The molecule has 0 spiro atoms. The van der Waals surface area contributed by atoms with Gasteiger partial charge in [0.05, 0.1) is 0 Å². The van der Waals surface area contributed by atoms with Crippen LogP contribution in [0.5, 0.6) is 0 Å². The maximum Gasteiger partial charge on any atom is 0.372 e. The summed E-state index contributed by atoms with van der Waals surface area (Å²) in [6.45, 7) is 1.09. The molecule has 0 heterocycles. The van der Waals surface area contributed by atoms with Crippen molar-refractivity contribution in [2.24, 2.45) is 0 Å². The summed E-state index contributed by atoms with van der Waals surface area (Å²) in [7, 11) is -3.24. The van der Waals surface area contributed by atoms with Crippen molar-refractivity contribution in [2.75, 3.05) is 12.8 Å². The Bertz CT molecular complexity index is 215. The molecule has 64 valence electrons. The number of hydrogen-bond donors (Lipinski definition) is 2. The molecule has 0 aliphatic carbocycles. The number of carbonyl (C=O) groups is 2. The minimum atomic E-state index is -3.24. The predicted molar refractivity (Wildman–Crippen MR) is 37.9 cm³/mol. The fourth-order valence-corrected chi connectivity index (χ4v) is 1.03. The van der Waals surface area contributed by atoms with Gasteiger partial charge in [-0.3, -0.25) is 9.36 Å². The summed E-state index contributed by atoms with van der Waals surface area (Å²) in [5.41, 5.74) is 0. The van der Waals surface area contributed by atoms with Crippen molar-refractivity contribution in [3.8, 4) is 0 Å². The van der Waals surface area contributed by atoms with Gasteiger partial charge in [0, 0.05) is 19.2 Å². The van der Waals surface area contributed by atoms with Crippen LogP contribution in [-0.4, -0.2) is 34.6 Å². The van der Waals surface area contributed by atoms with Gasteiger partial charge in [0.25, 0.3) is 0 Å². The van der Waals surface area contributed by atoms with E-state index in [1.165, 1.54) is 0 Å². The Kier molecular flexibility index (Phi) is 3.42. The Labute approximate surface area is 63.5 Å². The Balaban J connectivity index is 3.82. The lowest BCUT2D eigenvalue weighted by molar-refractivity contribution is -0.148. The van der Waals surface area contributed by atoms with E-state index in [1.54, 1.807) is 0 Å². The molecule has 2 N–H and O–H groups in total. The number of carbonyl (C=O) groups excluding carboxylic acids is 1. The monoisotopic (exact) mass is 180 g/mol. The van der Waals surface area contributed by atoms with Crippen LogP contribution in [0.15, 0.2) is 0 Å². The summed E-state index contributed by atoms with van der Waals surface area (Å²) in [6, 6.07) is 0. The number of aliphatic carboxylic acids is 1. The Morgan fingerprint density at radius 1 is 1.45 bits per heavy atom. The molecule has 0 radical (unpaired) electrons. The van der Waals surface area contributed by atoms with E-state index < -0.39 is 19.1 Å². The van der Waals surface area contributed by atoms with E-state index in [1.807, 2.05) is 0 Å². The number of carboxylic acids is 1. The second-order valence-electron chi connectivity index (χ2n) is 2.25. The molecule has 0 aliphatic heterocycles. The molecule has 0 rings (SSSR count). The molecule has 0 aliphatic rings. The molecule has 0 bridgehead atoms. The average Bonchev–Trinajstić information content (AvgIpc) is 1.80. The molecule has 5 nitrogen and oxygen atoms in total. The topological polar surface area (TPSA) is 91.7 Å². The fraction of sp³-hybridized carbons (Fsp3) is 0.600. The number of hydrogen-bond acceptors (Lipinski definition) is 3. The van der Waals surface area contributed by atoms with Gasteiger partial charge in [0.15, 0.2) is 7.37 Å². The summed E-state index contributed by atoms with van der Waals surface area (Å²) >= 11 is 0. The van der Waals surface area contributed by atoms with Crippen LogP contribution < -0.4 is 0 Å². The van der Waals surface area contributed by atoms with E-state index in [-0.39, 0.29) is 12.6 Å². The van der Waals surface area contributed by atoms with Crippen LogP contribution in [0.25, 0.3) is 0 Å². The highest BCUT2D eigenvalue weighted by Gasteiger charge is 2.16. The largest absolute Gasteiger partial charge is 0.476 e. The molecular weight excluding hydrogens is 171 g/mol.